The standard InChI is InChI=1S/C11H12O3S/c1-8(11(12)13)7-9-3-5-10(6-4-9)15-14-2/h3-7H,1-2H3,(H,12,13)/p-1/b8-7+. The summed E-state index contributed by atoms with van der Waals surface area (Å²) in [5, 5.41) is 10.5. The Balaban J connectivity index is 2.80. The maximum Gasteiger partial charge on any atom is 0.0672 e. The van der Waals surface area contributed by atoms with Gasteiger partial charge in [-0.05, 0) is 30.2 Å². The molecular weight excluding hydrogens is 212 g/mol. The lowest BCUT2D eigenvalue weighted by Gasteiger charge is -2.02. The van der Waals surface area contributed by atoms with E-state index in [0.717, 1.165) is 10.5 Å². The topological polar surface area (TPSA) is 49.4 Å². The lowest BCUT2D eigenvalue weighted by Crippen LogP contribution is -2.22. The number of aliphatic carboxylic acids is 1. The fourth-order valence-electron chi connectivity index (χ4n) is 1.02. The zero-order chi connectivity index (χ0) is 11.3. The molecule has 0 atom stereocenters. The first-order chi connectivity index (χ1) is 7.13. The first kappa shape index (κ1) is 11.8. The van der Waals surface area contributed by atoms with Gasteiger partial charge in [0.2, 0.25) is 0 Å². The van der Waals surface area contributed by atoms with Gasteiger partial charge in [0.15, 0.2) is 0 Å². The van der Waals surface area contributed by atoms with Crippen LogP contribution >= 0.6 is 12.0 Å². The average molecular weight is 223 g/mol. The van der Waals surface area contributed by atoms with Crippen LogP contribution in [-0.4, -0.2) is 13.1 Å². The van der Waals surface area contributed by atoms with E-state index in [2.05, 4.69) is 0 Å². The average Bonchev–Trinajstić information content (AvgIpc) is 2.21. The SMILES string of the molecule is COSc1ccc(/C=C(\C)C(=O)[O-])cc1. The zero-order valence-electron chi connectivity index (χ0n) is 8.52. The van der Waals surface area contributed by atoms with Crippen molar-refractivity contribution in [2.24, 2.45) is 0 Å². The third-order valence-electron chi connectivity index (χ3n) is 1.76. The van der Waals surface area contributed by atoms with Crippen LogP contribution in [0.15, 0.2) is 34.7 Å². The van der Waals surface area contributed by atoms with Crippen molar-refractivity contribution >= 4 is 24.1 Å². The summed E-state index contributed by atoms with van der Waals surface area (Å²) < 4.78 is 4.88. The normalized spacial score (nSPS) is 11.5. The highest BCUT2D eigenvalue weighted by Gasteiger charge is 1.94. The Morgan fingerprint density at radius 1 is 1.40 bits per heavy atom. The lowest BCUT2D eigenvalue weighted by molar-refractivity contribution is -0.299. The number of rotatable bonds is 4. The van der Waals surface area contributed by atoms with Gasteiger partial charge in [0.25, 0.3) is 0 Å². The molecule has 0 bridgehead atoms. The molecule has 0 aromatic heterocycles. The third kappa shape index (κ3) is 3.77. The van der Waals surface area contributed by atoms with Crippen LogP contribution in [0.4, 0.5) is 0 Å². The largest absolute Gasteiger partial charge is 0.545 e. The summed E-state index contributed by atoms with van der Waals surface area (Å²) in [6.07, 6.45) is 1.57. The van der Waals surface area contributed by atoms with E-state index in [9.17, 15) is 9.90 Å². The summed E-state index contributed by atoms with van der Waals surface area (Å²) in [6, 6.07) is 7.38. The van der Waals surface area contributed by atoms with Gasteiger partial charge in [0.05, 0.1) is 13.1 Å². The molecule has 80 valence electrons. The molecule has 0 unspecified atom stereocenters. The number of hydrogen-bond acceptors (Lipinski definition) is 4. The third-order valence-corrected chi connectivity index (χ3v) is 2.40. The van der Waals surface area contributed by atoms with Crippen LogP contribution in [0.25, 0.3) is 6.08 Å². The molecule has 4 heteroatoms. The Morgan fingerprint density at radius 3 is 2.47 bits per heavy atom. The smallest absolute Gasteiger partial charge is 0.0672 e. The van der Waals surface area contributed by atoms with Crippen LogP contribution in [-0.2, 0) is 8.98 Å². The van der Waals surface area contributed by atoms with Crippen molar-refractivity contribution in [3.8, 4) is 0 Å². The Morgan fingerprint density at radius 2 is 2.00 bits per heavy atom. The fraction of sp³-hybridized carbons (Fsp3) is 0.182. The van der Waals surface area contributed by atoms with Crippen molar-refractivity contribution in [3.63, 3.8) is 0 Å². The highest BCUT2D eigenvalue weighted by atomic mass is 32.2. The Labute approximate surface area is 93.0 Å². The fourth-order valence-corrected chi connectivity index (χ4v) is 1.46. The summed E-state index contributed by atoms with van der Waals surface area (Å²) in [5.41, 5.74) is 1.04. The molecule has 15 heavy (non-hydrogen) atoms. The van der Waals surface area contributed by atoms with Gasteiger partial charge in [-0.2, -0.15) is 0 Å². The van der Waals surface area contributed by atoms with Crippen LogP contribution in [0.5, 0.6) is 0 Å². The van der Waals surface area contributed by atoms with Crippen molar-refractivity contribution < 1.29 is 14.1 Å². The van der Waals surface area contributed by atoms with E-state index in [1.54, 1.807) is 13.2 Å². The summed E-state index contributed by atoms with van der Waals surface area (Å²) in [6.45, 7) is 1.51. The first-order valence-corrected chi connectivity index (χ1v) is 5.08. The number of carbonyl (C=O) groups is 1. The number of carboxylic acids is 1. The van der Waals surface area contributed by atoms with Gasteiger partial charge >= 0.3 is 0 Å². The summed E-state index contributed by atoms with van der Waals surface area (Å²) >= 11 is 1.26. The van der Waals surface area contributed by atoms with Gasteiger partial charge in [-0.1, -0.05) is 18.2 Å². The highest BCUT2D eigenvalue weighted by Crippen LogP contribution is 2.19. The minimum absolute atomic E-state index is 0.210. The highest BCUT2D eigenvalue weighted by molar-refractivity contribution is 7.94. The maximum absolute atomic E-state index is 10.5. The molecule has 0 N–H and O–H groups in total. The van der Waals surface area contributed by atoms with Crippen LogP contribution in [0.1, 0.15) is 12.5 Å². The number of carboxylic acid groups (broad SMARTS) is 1. The molecule has 0 radical (unpaired) electrons. The maximum atomic E-state index is 10.5. The molecule has 0 aliphatic heterocycles. The van der Waals surface area contributed by atoms with E-state index < -0.39 is 5.97 Å². The predicted molar refractivity (Wildman–Crippen MR) is 58.0 cm³/mol. The van der Waals surface area contributed by atoms with E-state index >= 15 is 0 Å². The number of hydrogen-bond donors (Lipinski definition) is 0. The minimum atomic E-state index is -1.15. The molecule has 0 aliphatic rings. The van der Waals surface area contributed by atoms with Gasteiger partial charge in [-0.15, -0.1) is 0 Å². The molecule has 0 spiro atoms. The molecule has 0 fully saturated rings. The van der Waals surface area contributed by atoms with Gasteiger partial charge in [0, 0.05) is 16.9 Å². The molecule has 0 heterocycles. The summed E-state index contributed by atoms with van der Waals surface area (Å²) in [5.74, 6) is -1.15. The minimum Gasteiger partial charge on any atom is -0.545 e. The van der Waals surface area contributed by atoms with Crippen LogP contribution < -0.4 is 5.11 Å². The van der Waals surface area contributed by atoms with Gasteiger partial charge in [-0.25, -0.2) is 0 Å². The Bertz CT molecular complexity index is 368. The quantitative estimate of drug-likeness (QED) is 0.573. The van der Waals surface area contributed by atoms with Gasteiger partial charge in [0.1, 0.15) is 0 Å². The van der Waals surface area contributed by atoms with Gasteiger partial charge < -0.3 is 14.1 Å². The Kier molecular flexibility index (Phi) is 4.39. The zero-order valence-corrected chi connectivity index (χ0v) is 9.34. The number of carbonyl (C=O) groups excluding carboxylic acids is 1. The van der Waals surface area contributed by atoms with Crippen LogP contribution in [0.2, 0.25) is 0 Å². The molecule has 1 aromatic rings. The molecule has 0 aliphatic carbocycles. The summed E-state index contributed by atoms with van der Waals surface area (Å²) in [7, 11) is 1.60. The van der Waals surface area contributed by atoms with Crippen molar-refractivity contribution in [1.82, 2.24) is 0 Å². The van der Waals surface area contributed by atoms with Gasteiger partial charge in [-0.3, -0.25) is 0 Å². The second-order valence-corrected chi connectivity index (χ2v) is 3.91. The molecule has 1 rings (SSSR count). The number of benzene rings is 1. The van der Waals surface area contributed by atoms with Crippen molar-refractivity contribution in [2.75, 3.05) is 7.11 Å². The van der Waals surface area contributed by atoms with E-state index in [1.807, 2.05) is 24.3 Å². The van der Waals surface area contributed by atoms with Crippen molar-refractivity contribution in [1.29, 1.82) is 0 Å². The van der Waals surface area contributed by atoms with Crippen LogP contribution in [0.3, 0.4) is 0 Å². The van der Waals surface area contributed by atoms with Crippen molar-refractivity contribution in [3.05, 3.63) is 35.4 Å². The van der Waals surface area contributed by atoms with Crippen molar-refractivity contribution in [2.45, 2.75) is 11.8 Å². The van der Waals surface area contributed by atoms with E-state index in [4.69, 9.17) is 4.18 Å². The lowest BCUT2D eigenvalue weighted by atomic mass is 10.1. The predicted octanol–water partition coefficient (Wildman–Crippen LogP) is 1.49. The monoisotopic (exact) mass is 223 g/mol. The second kappa shape index (κ2) is 5.58. The Hall–Kier alpha value is -1.26. The van der Waals surface area contributed by atoms with E-state index in [1.165, 1.54) is 19.0 Å². The molecule has 0 amide bonds. The molecular formula is C11H11O3S-. The van der Waals surface area contributed by atoms with E-state index in [-0.39, 0.29) is 5.57 Å². The molecule has 3 nitrogen and oxygen atoms in total. The molecule has 1 aromatic carbocycles. The van der Waals surface area contributed by atoms with E-state index in [0.29, 0.717) is 0 Å². The first-order valence-electron chi connectivity index (χ1n) is 4.34. The molecule has 0 saturated heterocycles. The molecule has 0 saturated carbocycles. The van der Waals surface area contributed by atoms with Crippen LogP contribution in [0, 0.1) is 0 Å². The second-order valence-electron chi connectivity index (χ2n) is 2.93. The summed E-state index contributed by atoms with van der Waals surface area (Å²) in [4.78, 5) is 11.4.